The summed E-state index contributed by atoms with van der Waals surface area (Å²) < 4.78 is 1.95. The summed E-state index contributed by atoms with van der Waals surface area (Å²) in [6.45, 7) is 0.817. The number of aromatic nitrogens is 2. The summed E-state index contributed by atoms with van der Waals surface area (Å²) in [6, 6.07) is 0. The molecule has 0 saturated carbocycles. The number of imidazole rings is 1. The number of hydrogen-bond acceptors (Lipinski definition) is 4. The van der Waals surface area contributed by atoms with E-state index in [-0.39, 0.29) is 5.91 Å². The first kappa shape index (κ1) is 10.1. The number of hydrogen-bond donors (Lipinski definition) is 2. The van der Waals surface area contributed by atoms with E-state index in [0.29, 0.717) is 13.1 Å². The van der Waals surface area contributed by atoms with Crippen molar-refractivity contribution in [2.45, 2.75) is 6.54 Å². The quantitative estimate of drug-likeness (QED) is 0.781. The molecule has 2 aromatic heterocycles. The third-order valence-electron chi connectivity index (χ3n) is 1.95. The highest BCUT2D eigenvalue weighted by Gasteiger charge is 2.03. The molecule has 0 aliphatic heterocycles. The van der Waals surface area contributed by atoms with Gasteiger partial charge in [-0.25, -0.2) is 4.98 Å². The van der Waals surface area contributed by atoms with Crippen LogP contribution in [0.3, 0.4) is 0 Å². The van der Waals surface area contributed by atoms with E-state index in [4.69, 9.17) is 0 Å². The molecule has 80 valence electrons. The minimum absolute atomic E-state index is 0.0196. The van der Waals surface area contributed by atoms with Crippen molar-refractivity contribution in [2.75, 3.05) is 13.6 Å². The summed E-state index contributed by atoms with van der Waals surface area (Å²) >= 11 is 1.58. The van der Waals surface area contributed by atoms with Gasteiger partial charge in [0.15, 0.2) is 4.96 Å². The van der Waals surface area contributed by atoms with Crippen molar-refractivity contribution < 1.29 is 4.79 Å². The number of carbonyl (C=O) groups excluding carboxylic acids is 1. The fourth-order valence-corrected chi connectivity index (χ4v) is 1.99. The number of thiazole rings is 1. The molecule has 0 fully saturated rings. The summed E-state index contributed by atoms with van der Waals surface area (Å²) in [5.41, 5.74) is 0.881. The lowest BCUT2D eigenvalue weighted by Crippen LogP contribution is -2.31. The van der Waals surface area contributed by atoms with E-state index < -0.39 is 0 Å². The maximum atomic E-state index is 11.2. The fraction of sp³-hybridized carbons (Fsp3) is 0.333. The normalized spacial score (nSPS) is 10.7. The molecule has 0 unspecified atom stereocenters. The Balaban J connectivity index is 1.95. The van der Waals surface area contributed by atoms with Crippen LogP contribution in [0.5, 0.6) is 0 Å². The number of rotatable bonds is 4. The zero-order valence-electron chi connectivity index (χ0n) is 8.36. The van der Waals surface area contributed by atoms with E-state index in [0.717, 1.165) is 10.7 Å². The average Bonchev–Trinajstić information content (AvgIpc) is 2.74. The van der Waals surface area contributed by atoms with Crippen LogP contribution in [0.4, 0.5) is 0 Å². The third kappa shape index (κ3) is 2.34. The SMILES string of the molecule is CNCC(=O)NCc1cn2ccsc2n1. The van der Waals surface area contributed by atoms with Gasteiger partial charge in [-0.15, -0.1) is 11.3 Å². The summed E-state index contributed by atoms with van der Waals surface area (Å²) in [6.07, 6.45) is 3.87. The molecule has 0 aromatic carbocycles. The Labute approximate surface area is 91.1 Å². The van der Waals surface area contributed by atoms with Crippen LogP contribution in [0.15, 0.2) is 17.8 Å². The lowest BCUT2D eigenvalue weighted by atomic mass is 10.4. The predicted molar refractivity (Wildman–Crippen MR) is 58.8 cm³/mol. The molecule has 2 heterocycles. The number of nitrogens with zero attached hydrogens (tertiary/aromatic N) is 2. The summed E-state index contributed by atoms with van der Waals surface area (Å²) in [4.78, 5) is 16.5. The molecule has 2 N–H and O–H groups in total. The van der Waals surface area contributed by atoms with Gasteiger partial charge in [0, 0.05) is 17.8 Å². The first-order chi connectivity index (χ1) is 7.29. The molecule has 5 nitrogen and oxygen atoms in total. The fourth-order valence-electron chi connectivity index (χ4n) is 1.27. The van der Waals surface area contributed by atoms with Crippen LogP contribution in [0.1, 0.15) is 5.69 Å². The van der Waals surface area contributed by atoms with Crippen LogP contribution in [0.25, 0.3) is 4.96 Å². The van der Waals surface area contributed by atoms with Crippen molar-refractivity contribution in [3.63, 3.8) is 0 Å². The Kier molecular flexibility index (Phi) is 2.98. The highest BCUT2D eigenvalue weighted by Crippen LogP contribution is 2.10. The van der Waals surface area contributed by atoms with E-state index in [1.165, 1.54) is 0 Å². The molecule has 0 spiro atoms. The Morgan fingerprint density at radius 1 is 1.67 bits per heavy atom. The Hall–Kier alpha value is -1.40. The number of fused-ring (bicyclic) bond motifs is 1. The minimum atomic E-state index is -0.0196. The molecular weight excluding hydrogens is 212 g/mol. The average molecular weight is 224 g/mol. The molecule has 0 radical (unpaired) electrons. The maximum absolute atomic E-state index is 11.2. The van der Waals surface area contributed by atoms with E-state index in [2.05, 4.69) is 15.6 Å². The number of likely N-dealkylation sites (N-methyl/N-ethyl adjacent to an activating group) is 1. The van der Waals surface area contributed by atoms with Gasteiger partial charge < -0.3 is 10.6 Å². The molecule has 1 amide bonds. The van der Waals surface area contributed by atoms with Gasteiger partial charge in [-0.3, -0.25) is 9.20 Å². The zero-order valence-corrected chi connectivity index (χ0v) is 9.17. The largest absolute Gasteiger partial charge is 0.349 e. The first-order valence-electron chi connectivity index (χ1n) is 4.62. The van der Waals surface area contributed by atoms with Crippen LogP contribution < -0.4 is 10.6 Å². The summed E-state index contributed by atoms with van der Waals surface area (Å²) in [5.74, 6) is -0.0196. The van der Waals surface area contributed by atoms with Crippen LogP contribution in [0, 0.1) is 0 Å². The van der Waals surface area contributed by atoms with Gasteiger partial charge >= 0.3 is 0 Å². The Bertz CT molecular complexity index is 433. The standard InChI is InChI=1S/C9H12N4OS/c1-10-5-8(14)11-4-7-6-13-2-3-15-9(13)12-7/h2-3,6,10H,4-5H2,1H3,(H,11,14). The van der Waals surface area contributed by atoms with Gasteiger partial charge in [-0.2, -0.15) is 0 Å². The highest BCUT2D eigenvalue weighted by atomic mass is 32.1. The van der Waals surface area contributed by atoms with Crippen LogP contribution in [-0.2, 0) is 11.3 Å². The van der Waals surface area contributed by atoms with Crippen LogP contribution >= 0.6 is 11.3 Å². The Morgan fingerprint density at radius 3 is 3.27 bits per heavy atom. The lowest BCUT2D eigenvalue weighted by Gasteiger charge is -2.01. The topological polar surface area (TPSA) is 58.4 Å². The molecular formula is C9H12N4OS. The van der Waals surface area contributed by atoms with Gasteiger partial charge in [0.2, 0.25) is 5.91 Å². The second-order valence-electron chi connectivity index (χ2n) is 3.13. The Morgan fingerprint density at radius 2 is 2.53 bits per heavy atom. The predicted octanol–water partition coefficient (Wildman–Crippen LogP) is 0.231. The van der Waals surface area contributed by atoms with Gasteiger partial charge in [-0.05, 0) is 7.05 Å². The number of carbonyl (C=O) groups is 1. The van der Waals surface area contributed by atoms with E-state index in [9.17, 15) is 4.79 Å². The third-order valence-corrected chi connectivity index (χ3v) is 2.72. The van der Waals surface area contributed by atoms with Crippen LogP contribution in [-0.4, -0.2) is 28.9 Å². The van der Waals surface area contributed by atoms with Crippen molar-refractivity contribution in [3.8, 4) is 0 Å². The molecule has 2 rings (SSSR count). The van der Waals surface area contributed by atoms with Gasteiger partial charge in [-0.1, -0.05) is 0 Å². The van der Waals surface area contributed by atoms with E-state index in [1.54, 1.807) is 18.4 Å². The van der Waals surface area contributed by atoms with Crippen LogP contribution in [0.2, 0.25) is 0 Å². The second kappa shape index (κ2) is 4.41. The summed E-state index contributed by atoms with van der Waals surface area (Å²) in [7, 11) is 1.74. The summed E-state index contributed by atoms with van der Waals surface area (Å²) in [5, 5.41) is 7.55. The monoisotopic (exact) mass is 224 g/mol. The number of amides is 1. The molecule has 0 aliphatic carbocycles. The second-order valence-corrected chi connectivity index (χ2v) is 4.01. The lowest BCUT2D eigenvalue weighted by molar-refractivity contribution is -0.120. The van der Waals surface area contributed by atoms with E-state index in [1.807, 2.05) is 22.2 Å². The maximum Gasteiger partial charge on any atom is 0.234 e. The van der Waals surface area contributed by atoms with Gasteiger partial charge in [0.25, 0.3) is 0 Å². The number of nitrogens with one attached hydrogen (secondary N) is 2. The van der Waals surface area contributed by atoms with Crippen molar-refractivity contribution in [2.24, 2.45) is 0 Å². The molecule has 0 saturated heterocycles. The van der Waals surface area contributed by atoms with Crippen molar-refractivity contribution in [3.05, 3.63) is 23.5 Å². The van der Waals surface area contributed by atoms with E-state index >= 15 is 0 Å². The molecule has 6 heteroatoms. The zero-order chi connectivity index (χ0) is 10.7. The molecule has 0 bridgehead atoms. The molecule has 15 heavy (non-hydrogen) atoms. The van der Waals surface area contributed by atoms with Crippen molar-refractivity contribution in [1.82, 2.24) is 20.0 Å². The molecule has 0 aliphatic rings. The first-order valence-corrected chi connectivity index (χ1v) is 5.50. The highest BCUT2D eigenvalue weighted by molar-refractivity contribution is 7.15. The smallest absolute Gasteiger partial charge is 0.234 e. The van der Waals surface area contributed by atoms with Crippen molar-refractivity contribution in [1.29, 1.82) is 0 Å². The minimum Gasteiger partial charge on any atom is -0.349 e. The van der Waals surface area contributed by atoms with Gasteiger partial charge in [0.1, 0.15) is 0 Å². The molecule has 2 aromatic rings. The van der Waals surface area contributed by atoms with Crippen molar-refractivity contribution >= 4 is 22.2 Å². The van der Waals surface area contributed by atoms with Gasteiger partial charge in [0.05, 0.1) is 18.8 Å². The molecule has 0 atom stereocenters.